The van der Waals surface area contributed by atoms with Crippen LogP contribution in [0.4, 0.5) is 0 Å². The van der Waals surface area contributed by atoms with E-state index in [-0.39, 0.29) is 0 Å². The average Bonchev–Trinajstić information content (AvgIpc) is 2.79. The number of H-pyrrole nitrogens is 1. The number of nitrogens with zero attached hydrogens (tertiary/aromatic N) is 2. The Labute approximate surface area is 108 Å². The molecule has 0 amide bonds. The lowest BCUT2D eigenvalue weighted by Crippen LogP contribution is -1.92. The van der Waals surface area contributed by atoms with Gasteiger partial charge in [-0.15, -0.1) is 0 Å². The predicted octanol–water partition coefficient (Wildman–Crippen LogP) is 3.70. The van der Waals surface area contributed by atoms with Crippen LogP contribution in [0.1, 0.15) is 0 Å². The van der Waals surface area contributed by atoms with E-state index in [1.807, 2.05) is 46.9 Å². The van der Waals surface area contributed by atoms with Crippen LogP contribution in [0.5, 0.6) is 0 Å². The van der Waals surface area contributed by atoms with Crippen LogP contribution < -0.4 is 0 Å². The van der Waals surface area contributed by atoms with Crippen LogP contribution in [0.3, 0.4) is 0 Å². The molecule has 0 fully saturated rings. The maximum atomic E-state index is 5.39. The molecule has 0 aliphatic rings. The number of aromatic amines is 1. The Kier molecular flexibility index (Phi) is 1.85. The van der Waals surface area contributed by atoms with E-state index < -0.39 is 0 Å². The normalized spacial score (nSPS) is 11.6. The van der Waals surface area contributed by atoms with Gasteiger partial charge in [0.05, 0.1) is 16.6 Å². The summed E-state index contributed by atoms with van der Waals surface area (Å²) in [6.45, 7) is 0. The molecule has 86 valence electrons. The zero-order chi connectivity index (χ0) is 12.1. The van der Waals surface area contributed by atoms with Crippen molar-refractivity contribution >= 4 is 39.8 Å². The van der Waals surface area contributed by atoms with Gasteiger partial charge in [0.25, 0.3) is 0 Å². The zero-order valence-corrected chi connectivity index (χ0v) is 10.2. The monoisotopic (exact) mass is 251 g/mol. The molecule has 0 unspecified atom stereocenters. The van der Waals surface area contributed by atoms with Crippen LogP contribution in [0.15, 0.2) is 48.5 Å². The van der Waals surface area contributed by atoms with E-state index in [1.54, 1.807) is 0 Å². The van der Waals surface area contributed by atoms with Crippen molar-refractivity contribution in [1.29, 1.82) is 0 Å². The summed E-state index contributed by atoms with van der Waals surface area (Å²) in [6, 6.07) is 16.1. The van der Waals surface area contributed by atoms with E-state index in [1.165, 1.54) is 0 Å². The first-order valence-corrected chi connectivity index (χ1v) is 6.14. The van der Waals surface area contributed by atoms with Crippen molar-refractivity contribution in [2.24, 2.45) is 0 Å². The maximum absolute atomic E-state index is 5.39. The molecule has 4 heteroatoms. The van der Waals surface area contributed by atoms with E-state index in [0.29, 0.717) is 4.77 Å². The highest BCUT2D eigenvalue weighted by atomic mass is 32.1. The lowest BCUT2D eigenvalue weighted by molar-refractivity contribution is 1.12. The first-order chi connectivity index (χ1) is 8.84. The molecule has 0 bridgehead atoms. The highest BCUT2D eigenvalue weighted by Gasteiger charge is 2.07. The molecule has 0 radical (unpaired) electrons. The van der Waals surface area contributed by atoms with E-state index >= 15 is 0 Å². The number of para-hydroxylation sites is 3. The Balaban J connectivity index is 2.42. The van der Waals surface area contributed by atoms with Crippen LogP contribution in [-0.2, 0) is 0 Å². The fourth-order valence-corrected chi connectivity index (χ4v) is 2.68. The molecule has 4 rings (SSSR count). The minimum atomic E-state index is 0.584. The van der Waals surface area contributed by atoms with Gasteiger partial charge in [-0.3, -0.25) is 4.40 Å². The molecular weight excluding hydrogens is 242 g/mol. The fraction of sp³-hybridized carbons (Fsp3) is 0. The van der Waals surface area contributed by atoms with Gasteiger partial charge in [0.1, 0.15) is 5.65 Å². The summed E-state index contributed by atoms with van der Waals surface area (Å²) in [5.41, 5.74) is 4.07. The summed E-state index contributed by atoms with van der Waals surface area (Å²) < 4.78 is 2.58. The molecular formula is C14H9N3S. The van der Waals surface area contributed by atoms with Crippen molar-refractivity contribution in [3.8, 4) is 0 Å². The summed E-state index contributed by atoms with van der Waals surface area (Å²) in [4.78, 5) is 7.90. The topological polar surface area (TPSA) is 33.1 Å². The highest BCUT2D eigenvalue weighted by Crippen LogP contribution is 2.22. The van der Waals surface area contributed by atoms with Crippen LogP contribution >= 0.6 is 12.2 Å². The van der Waals surface area contributed by atoms with Crippen LogP contribution in [0, 0.1) is 4.77 Å². The molecule has 18 heavy (non-hydrogen) atoms. The largest absolute Gasteiger partial charge is 0.339 e. The van der Waals surface area contributed by atoms with Gasteiger partial charge in [-0.25, -0.2) is 4.98 Å². The zero-order valence-electron chi connectivity index (χ0n) is 9.42. The van der Waals surface area contributed by atoms with Gasteiger partial charge in [-0.1, -0.05) is 24.3 Å². The molecule has 0 saturated heterocycles. The number of rotatable bonds is 0. The first kappa shape index (κ1) is 9.79. The molecule has 0 aliphatic carbocycles. The average molecular weight is 251 g/mol. The number of aromatic nitrogens is 3. The molecule has 2 aromatic heterocycles. The van der Waals surface area contributed by atoms with Gasteiger partial charge < -0.3 is 4.98 Å². The van der Waals surface area contributed by atoms with Gasteiger partial charge in [0.2, 0.25) is 4.77 Å². The Morgan fingerprint density at radius 1 is 1.00 bits per heavy atom. The molecule has 0 aliphatic heterocycles. The number of nitrogens with one attached hydrogen (secondary N) is 1. The smallest absolute Gasteiger partial charge is 0.206 e. The van der Waals surface area contributed by atoms with E-state index in [0.717, 1.165) is 27.6 Å². The first-order valence-electron chi connectivity index (χ1n) is 5.73. The Morgan fingerprint density at radius 2 is 1.78 bits per heavy atom. The Hall–Kier alpha value is -2.20. The molecule has 2 heterocycles. The fourth-order valence-electron chi connectivity index (χ4n) is 2.39. The van der Waals surface area contributed by atoms with Crippen molar-refractivity contribution in [2.75, 3.05) is 0 Å². The second-order valence-corrected chi connectivity index (χ2v) is 4.60. The van der Waals surface area contributed by atoms with Crippen molar-refractivity contribution in [2.45, 2.75) is 0 Å². The molecule has 3 nitrogen and oxygen atoms in total. The molecule has 1 N–H and O–H groups in total. The number of imidazole rings is 1. The van der Waals surface area contributed by atoms with Crippen LogP contribution in [0.25, 0.3) is 27.6 Å². The second kappa shape index (κ2) is 3.40. The third kappa shape index (κ3) is 1.18. The summed E-state index contributed by atoms with van der Waals surface area (Å²) in [5.74, 6) is 0. The van der Waals surface area contributed by atoms with Crippen LogP contribution in [0.2, 0.25) is 0 Å². The lowest BCUT2D eigenvalue weighted by atomic mass is 10.2. The van der Waals surface area contributed by atoms with Crippen molar-refractivity contribution in [3.63, 3.8) is 0 Å². The van der Waals surface area contributed by atoms with Gasteiger partial charge in [-0.2, -0.15) is 0 Å². The van der Waals surface area contributed by atoms with Gasteiger partial charge >= 0.3 is 0 Å². The van der Waals surface area contributed by atoms with E-state index in [4.69, 9.17) is 12.2 Å². The minimum Gasteiger partial charge on any atom is -0.339 e. The predicted molar refractivity (Wildman–Crippen MR) is 75.4 cm³/mol. The van der Waals surface area contributed by atoms with E-state index in [2.05, 4.69) is 16.0 Å². The lowest BCUT2D eigenvalue weighted by Gasteiger charge is -2.00. The highest BCUT2D eigenvalue weighted by molar-refractivity contribution is 7.71. The summed E-state index contributed by atoms with van der Waals surface area (Å²) in [6.07, 6.45) is 0. The SMILES string of the molecule is S=c1nc2ccccc2c2[nH]c3ccccc3n12. The number of hydrogen-bond acceptors (Lipinski definition) is 2. The summed E-state index contributed by atoms with van der Waals surface area (Å²) >= 11 is 5.39. The Morgan fingerprint density at radius 3 is 2.72 bits per heavy atom. The molecule has 0 atom stereocenters. The third-order valence-electron chi connectivity index (χ3n) is 3.19. The van der Waals surface area contributed by atoms with Gasteiger partial charge in [0.15, 0.2) is 0 Å². The van der Waals surface area contributed by atoms with Crippen molar-refractivity contribution in [3.05, 3.63) is 53.3 Å². The quantitative estimate of drug-likeness (QED) is 0.483. The van der Waals surface area contributed by atoms with Gasteiger partial charge in [-0.05, 0) is 36.5 Å². The van der Waals surface area contributed by atoms with Crippen LogP contribution in [-0.4, -0.2) is 14.4 Å². The Bertz CT molecular complexity index is 949. The standard InChI is InChI=1S/C14H9N3S/c18-14-16-10-6-2-1-5-9(10)13-15-11-7-3-4-8-12(11)17(13)14/h1-8,15H. The molecule has 4 aromatic rings. The maximum Gasteiger partial charge on any atom is 0.206 e. The van der Waals surface area contributed by atoms with E-state index in [9.17, 15) is 0 Å². The van der Waals surface area contributed by atoms with Crippen molar-refractivity contribution < 1.29 is 0 Å². The molecule has 0 spiro atoms. The molecule has 2 aromatic carbocycles. The summed E-state index contributed by atoms with van der Waals surface area (Å²) in [7, 11) is 0. The van der Waals surface area contributed by atoms with Crippen molar-refractivity contribution in [1.82, 2.24) is 14.4 Å². The molecule has 0 saturated carbocycles. The third-order valence-corrected chi connectivity index (χ3v) is 3.46. The van der Waals surface area contributed by atoms with Gasteiger partial charge in [0, 0.05) is 5.39 Å². The summed E-state index contributed by atoms with van der Waals surface area (Å²) in [5, 5.41) is 1.09. The number of hydrogen-bond donors (Lipinski definition) is 1. The minimum absolute atomic E-state index is 0.584. The second-order valence-electron chi connectivity index (χ2n) is 4.24. The number of benzene rings is 2. The number of fused-ring (bicyclic) bond motifs is 5.